The second-order valence-corrected chi connectivity index (χ2v) is 8.16. The van der Waals surface area contributed by atoms with Gasteiger partial charge in [0.15, 0.2) is 5.16 Å². The van der Waals surface area contributed by atoms with E-state index in [0.29, 0.717) is 11.8 Å². The quantitative estimate of drug-likeness (QED) is 0.787. The molecule has 4 rings (SSSR count). The summed E-state index contributed by atoms with van der Waals surface area (Å²) in [5.74, 6) is 1.33. The zero-order valence-electron chi connectivity index (χ0n) is 15.4. The molecule has 0 unspecified atom stereocenters. The van der Waals surface area contributed by atoms with Crippen molar-refractivity contribution in [3.05, 3.63) is 29.3 Å². The van der Waals surface area contributed by atoms with Crippen molar-refractivity contribution >= 4 is 29.3 Å². The summed E-state index contributed by atoms with van der Waals surface area (Å²) < 4.78 is 2.25. The van der Waals surface area contributed by atoms with Gasteiger partial charge in [-0.1, -0.05) is 17.8 Å². The van der Waals surface area contributed by atoms with E-state index in [1.54, 1.807) is 0 Å². The first-order chi connectivity index (χ1) is 12.6. The number of carbonyl (C=O) groups is 1. The molecule has 2 aromatic rings. The Bertz CT molecular complexity index is 808. The van der Waals surface area contributed by atoms with Gasteiger partial charge in [-0.25, -0.2) is 0 Å². The number of hydrogen-bond acceptors (Lipinski definition) is 5. The van der Waals surface area contributed by atoms with Gasteiger partial charge in [0.2, 0.25) is 11.9 Å². The van der Waals surface area contributed by atoms with Crippen LogP contribution in [0.2, 0.25) is 0 Å². The van der Waals surface area contributed by atoms with Gasteiger partial charge in [-0.05, 0) is 62.8 Å². The third-order valence-corrected chi connectivity index (χ3v) is 6.01. The minimum Gasteiger partial charge on any atom is -0.341 e. The highest BCUT2D eigenvalue weighted by molar-refractivity contribution is 7.99. The molecular weight excluding hydrogens is 346 g/mol. The molecule has 0 atom stereocenters. The molecule has 138 valence electrons. The highest BCUT2D eigenvalue weighted by atomic mass is 32.2. The lowest BCUT2D eigenvalue weighted by Gasteiger charge is -2.17. The second kappa shape index (κ2) is 7.31. The Morgan fingerprint density at radius 3 is 2.65 bits per heavy atom. The number of anilines is 2. The standard InChI is InChI=1S/C19H25N5OS/c1-13-5-6-15(11-14(13)2)20-17(25)12-26-19-22-21-18(23-9-3-4-10-23)24(19)16-7-8-16/h5-6,11,16H,3-4,7-10,12H2,1-2H3,(H,20,25). The Balaban J connectivity index is 1.41. The van der Waals surface area contributed by atoms with Crippen LogP contribution in [-0.4, -0.2) is 39.5 Å². The molecule has 1 aliphatic heterocycles. The molecule has 0 bridgehead atoms. The fourth-order valence-electron chi connectivity index (χ4n) is 3.30. The van der Waals surface area contributed by atoms with Crippen LogP contribution in [0.3, 0.4) is 0 Å². The largest absolute Gasteiger partial charge is 0.341 e. The summed E-state index contributed by atoms with van der Waals surface area (Å²) in [5.41, 5.74) is 3.25. The maximum Gasteiger partial charge on any atom is 0.234 e. The number of aromatic nitrogens is 3. The molecule has 26 heavy (non-hydrogen) atoms. The molecule has 2 heterocycles. The number of thioether (sulfide) groups is 1. The van der Waals surface area contributed by atoms with Crippen LogP contribution in [0, 0.1) is 13.8 Å². The van der Waals surface area contributed by atoms with Crippen LogP contribution in [-0.2, 0) is 4.79 Å². The number of rotatable bonds is 6. The SMILES string of the molecule is Cc1ccc(NC(=O)CSc2nnc(N3CCCC3)n2C2CC2)cc1C. The lowest BCUT2D eigenvalue weighted by atomic mass is 10.1. The molecule has 1 aliphatic carbocycles. The van der Waals surface area contributed by atoms with Crippen molar-refractivity contribution in [2.75, 3.05) is 29.1 Å². The van der Waals surface area contributed by atoms with Gasteiger partial charge in [-0.3, -0.25) is 9.36 Å². The predicted octanol–water partition coefficient (Wildman–Crippen LogP) is 3.56. The first kappa shape index (κ1) is 17.4. The highest BCUT2D eigenvalue weighted by Gasteiger charge is 2.32. The fourth-order valence-corrected chi connectivity index (χ4v) is 4.10. The monoisotopic (exact) mass is 371 g/mol. The van der Waals surface area contributed by atoms with Crippen molar-refractivity contribution in [2.24, 2.45) is 0 Å². The molecule has 1 N–H and O–H groups in total. The number of benzene rings is 1. The summed E-state index contributed by atoms with van der Waals surface area (Å²) in [4.78, 5) is 14.7. The van der Waals surface area contributed by atoms with Gasteiger partial charge < -0.3 is 10.2 Å². The first-order valence-corrected chi connectivity index (χ1v) is 10.3. The summed E-state index contributed by atoms with van der Waals surface area (Å²) in [6.07, 6.45) is 4.80. The smallest absolute Gasteiger partial charge is 0.234 e. The van der Waals surface area contributed by atoms with Crippen LogP contribution in [0.5, 0.6) is 0 Å². The molecule has 2 fully saturated rings. The van der Waals surface area contributed by atoms with Crippen LogP contribution in [0.1, 0.15) is 42.9 Å². The third-order valence-electron chi connectivity index (χ3n) is 5.07. The summed E-state index contributed by atoms with van der Waals surface area (Å²) in [5, 5.41) is 12.7. The fraction of sp³-hybridized carbons (Fsp3) is 0.526. The molecule has 2 aliphatic rings. The molecule has 1 aromatic carbocycles. The molecule has 1 saturated heterocycles. The summed E-state index contributed by atoms with van der Waals surface area (Å²) in [6, 6.07) is 6.49. The minimum atomic E-state index is -0.00803. The molecule has 1 saturated carbocycles. The average molecular weight is 372 g/mol. The van der Waals surface area contributed by atoms with Gasteiger partial charge in [0.1, 0.15) is 0 Å². The third kappa shape index (κ3) is 3.72. The average Bonchev–Trinajstić information content (AvgIpc) is 3.15. The lowest BCUT2D eigenvalue weighted by molar-refractivity contribution is -0.113. The summed E-state index contributed by atoms with van der Waals surface area (Å²) in [6.45, 7) is 6.24. The zero-order chi connectivity index (χ0) is 18.1. The molecule has 7 heteroatoms. The van der Waals surface area contributed by atoms with E-state index in [0.717, 1.165) is 29.9 Å². The topological polar surface area (TPSA) is 63.1 Å². The van der Waals surface area contributed by atoms with Gasteiger partial charge in [-0.2, -0.15) is 0 Å². The number of carbonyl (C=O) groups excluding carboxylic acids is 1. The number of aryl methyl sites for hydroxylation is 2. The van der Waals surface area contributed by atoms with Crippen molar-refractivity contribution in [3.63, 3.8) is 0 Å². The van der Waals surface area contributed by atoms with E-state index in [1.807, 2.05) is 18.2 Å². The molecule has 0 spiro atoms. The maximum absolute atomic E-state index is 12.3. The van der Waals surface area contributed by atoms with Crippen molar-refractivity contribution in [3.8, 4) is 0 Å². The normalized spacial score (nSPS) is 16.9. The van der Waals surface area contributed by atoms with Crippen LogP contribution in [0.15, 0.2) is 23.4 Å². The summed E-state index contributed by atoms with van der Waals surface area (Å²) in [7, 11) is 0. The number of hydrogen-bond donors (Lipinski definition) is 1. The van der Waals surface area contributed by atoms with Crippen molar-refractivity contribution in [1.82, 2.24) is 14.8 Å². The van der Waals surface area contributed by atoms with Gasteiger partial charge in [-0.15, -0.1) is 10.2 Å². The minimum absolute atomic E-state index is 0.00803. The van der Waals surface area contributed by atoms with E-state index in [1.165, 1.54) is 48.6 Å². The van der Waals surface area contributed by atoms with Gasteiger partial charge >= 0.3 is 0 Å². The molecule has 1 aromatic heterocycles. The molecule has 0 radical (unpaired) electrons. The van der Waals surface area contributed by atoms with Gasteiger partial charge in [0, 0.05) is 24.8 Å². The van der Waals surface area contributed by atoms with Crippen molar-refractivity contribution in [2.45, 2.75) is 50.7 Å². The van der Waals surface area contributed by atoms with Crippen LogP contribution < -0.4 is 10.2 Å². The van der Waals surface area contributed by atoms with E-state index in [4.69, 9.17) is 0 Å². The van der Waals surface area contributed by atoms with Crippen molar-refractivity contribution in [1.29, 1.82) is 0 Å². The molecular formula is C19H25N5OS. The van der Waals surface area contributed by atoms with E-state index in [2.05, 4.69) is 38.8 Å². The van der Waals surface area contributed by atoms with E-state index < -0.39 is 0 Å². The second-order valence-electron chi connectivity index (χ2n) is 7.21. The zero-order valence-corrected chi connectivity index (χ0v) is 16.2. The van der Waals surface area contributed by atoms with E-state index in [-0.39, 0.29) is 5.91 Å². The molecule has 1 amide bonds. The van der Waals surface area contributed by atoms with E-state index >= 15 is 0 Å². The van der Waals surface area contributed by atoms with Crippen LogP contribution in [0.4, 0.5) is 11.6 Å². The number of nitrogens with one attached hydrogen (secondary N) is 1. The maximum atomic E-state index is 12.3. The molecule has 6 nitrogen and oxygen atoms in total. The Labute approximate surface area is 158 Å². The number of amides is 1. The van der Waals surface area contributed by atoms with Gasteiger partial charge in [0.05, 0.1) is 5.75 Å². The van der Waals surface area contributed by atoms with Crippen molar-refractivity contribution < 1.29 is 4.79 Å². The predicted molar refractivity (Wildman–Crippen MR) is 105 cm³/mol. The number of nitrogens with zero attached hydrogens (tertiary/aromatic N) is 4. The Kier molecular flexibility index (Phi) is 4.89. The highest BCUT2D eigenvalue weighted by Crippen LogP contribution is 2.41. The van der Waals surface area contributed by atoms with E-state index in [9.17, 15) is 4.79 Å². The Morgan fingerprint density at radius 2 is 1.96 bits per heavy atom. The first-order valence-electron chi connectivity index (χ1n) is 9.31. The van der Waals surface area contributed by atoms with Crippen LogP contribution in [0.25, 0.3) is 0 Å². The summed E-state index contributed by atoms with van der Waals surface area (Å²) >= 11 is 1.48. The Hall–Kier alpha value is -2.02. The van der Waals surface area contributed by atoms with Gasteiger partial charge in [0.25, 0.3) is 0 Å². The lowest BCUT2D eigenvalue weighted by Crippen LogP contribution is -2.22. The Morgan fingerprint density at radius 1 is 1.19 bits per heavy atom. The van der Waals surface area contributed by atoms with Crippen LogP contribution >= 0.6 is 11.8 Å².